The largest absolute Gasteiger partial charge is 0.354 e. The number of non-ortho nitro benzene ring substituents is 1. The maximum absolute atomic E-state index is 10.8. The fourth-order valence-electron chi connectivity index (χ4n) is 3.28. The molecule has 138 valence electrons. The summed E-state index contributed by atoms with van der Waals surface area (Å²) in [5.74, 6) is 1.95. The molecule has 0 amide bonds. The van der Waals surface area contributed by atoms with Gasteiger partial charge in [0.2, 0.25) is 0 Å². The molecule has 0 spiro atoms. The summed E-state index contributed by atoms with van der Waals surface area (Å²) in [4.78, 5) is 10.3. The van der Waals surface area contributed by atoms with Gasteiger partial charge in [-0.3, -0.25) is 10.1 Å². The van der Waals surface area contributed by atoms with Crippen LogP contribution in [0, 0.1) is 10.1 Å². The smallest absolute Gasteiger partial charge is 0.271 e. The first-order valence-corrected chi connectivity index (χ1v) is 9.23. The summed E-state index contributed by atoms with van der Waals surface area (Å²) in [7, 11) is 0. The molecular weight excluding hydrogens is 366 g/mol. The molecule has 0 saturated heterocycles. The van der Waals surface area contributed by atoms with E-state index in [-0.39, 0.29) is 5.69 Å². The topological polar surface area (TPSA) is 85.9 Å². The molecule has 7 nitrogen and oxygen atoms in total. The molecule has 1 aromatic heterocycles. The Labute approximate surface area is 161 Å². The predicted octanol–water partition coefficient (Wildman–Crippen LogP) is 4.98. The molecule has 0 bridgehead atoms. The van der Waals surface area contributed by atoms with E-state index in [2.05, 4.69) is 20.1 Å². The lowest BCUT2D eigenvalue weighted by atomic mass is 10.2. The van der Waals surface area contributed by atoms with Gasteiger partial charge in [0.25, 0.3) is 5.69 Å². The molecule has 0 atom stereocenters. The fraction of sp³-hybridized carbons (Fsp3) is 0.263. The monoisotopic (exact) mass is 383 g/mol. The Bertz CT molecular complexity index is 984. The van der Waals surface area contributed by atoms with Crippen molar-refractivity contribution in [2.45, 2.75) is 32.2 Å². The lowest BCUT2D eigenvalue weighted by Crippen LogP contribution is -2.03. The molecule has 0 aliphatic carbocycles. The van der Waals surface area contributed by atoms with Gasteiger partial charge < -0.3 is 9.88 Å². The van der Waals surface area contributed by atoms with Gasteiger partial charge in [-0.15, -0.1) is 10.2 Å². The highest BCUT2D eigenvalue weighted by atomic mass is 35.5. The van der Waals surface area contributed by atoms with Crippen LogP contribution in [0.4, 0.5) is 17.1 Å². The summed E-state index contributed by atoms with van der Waals surface area (Å²) in [6.45, 7) is 0.954. The first-order chi connectivity index (χ1) is 13.1. The van der Waals surface area contributed by atoms with Crippen LogP contribution >= 0.6 is 11.6 Å². The van der Waals surface area contributed by atoms with Crippen LogP contribution in [-0.2, 0) is 13.0 Å². The highest BCUT2D eigenvalue weighted by molar-refractivity contribution is 6.33. The third-order valence-corrected chi connectivity index (χ3v) is 5.01. The molecule has 0 saturated carbocycles. The molecule has 1 N–H and O–H groups in total. The Morgan fingerprint density at radius 3 is 2.63 bits per heavy atom. The van der Waals surface area contributed by atoms with Gasteiger partial charge in [0, 0.05) is 36.3 Å². The van der Waals surface area contributed by atoms with E-state index in [1.54, 1.807) is 6.07 Å². The number of hydrogen-bond donors (Lipinski definition) is 1. The van der Waals surface area contributed by atoms with Gasteiger partial charge in [0.1, 0.15) is 5.82 Å². The number of nitrogens with one attached hydrogen (secondary N) is 1. The van der Waals surface area contributed by atoms with Gasteiger partial charge in [-0.1, -0.05) is 18.0 Å². The summed E-state index contributed by atoms with van der Waals surface area (Å²) in [6, 6.07) is 12.2. The van der Waals surface area contributed by atoms with Gasteiger partial charge in [-0.25, -0.2) is 0 Å². The predicted molar refractivity (Wildman–Crippen MR) is 104 cm³/mol. The van der Waals surface area contributed by atoms with Crippen LogP contribution in [0.3, 0.4) is 0 Å². The van der Waals surface area contributed by atoms with Gasteiger partial charge in [-0.05, 0) is 43.2 Å². The van der Waals surface area contributed by atoms with Crippen molar-refractivity contribution in [1.29, 1.82) is 0 Å². The van der Waals surface area contributed by atoms with Crippen LogP contribution in [0.5, 0.6) is 0 Å². The van der Waals surface area contributed by atoms with Crippen molar-refractivity contribution >= 4 is 28.7 Å². The molecule has 2 heterocycles. The van der Waals surface area contributed by atoms with Crippen LogP contribution in [0.25, 0.3) is 11.4 Å². The molecule has 0 radical (unpaired) electrons. The van der Waals surface area contributed by atoms with Gasteiger partial charge in [-0.2, -0.15) is 0 Å². The summed E-state index contributed by atoms with van der Waals surface area (Å²) in [5, 5.41) is 23.0. The number of hydrogen-bond acceptors (Lipinski definition) is 5. The summed E-state index contributed by atoms with van der Waals surface area (Å²) >= 11 is 6.14. The first-order valence-electron chi connectivity index (χ1n) is 8.85. The first kappa shape index (κ1) is 17.5. The number of halogens is 1. The zero-order valence-electron chi connectivity index (χ0n) is 14.6. The number of fused-ring (bicyclic) bond motifs is 1. The maximum atomic E-state index is 10.8. The Hall–Kier alpha value is -2.93. The molecule has 27 heavy (non-hydrogen) atoms. The number of aromatic nitrogens is 3. The molecule has 0 unspecified atom stereocenters. The Kier molecular flexibility index (Phi) is 4.77. The molecule has 1 aliphatic rings. The normalized spacial score (nSPS) is 13.7. The van der Waals surface area contributed by atoms with E-state index in [0.717, 1.165) is 48.7 Å². The highest BCUT2D eigenvalue weighted by Gasteiger charge is 2.16. The quantitative estimate of drug-likeness (QED) is 0.507. The number of rotatable bonds is 4. The third kappa shape index (κ3) is 3.64. The van der Waals surface area contributed by atoms with Crippen LogP contribution in [0.2, 0.25) is 5.02 Å². The Morgan fingerprint density at radius 2 is 1.89 bits per heavy atom. The van der Waals surface area contributed by atoms with Gasteiger partial charge >= 0.3 is 0 Å². The van der Waals surface area contributed by atoms with Crippen molar-refractivity contribution in [3.63, 3.8) is 0 Å². The molecule has 3 aromatic rings. The van der Waals surface area contributed by atoms with Gasteiger partial charge in [0.05, 0.1) is 15.6 Å². The van der Waals surface area contributed by atoms with E-state index >= 15 is 0 Å². The minimum absolute atomic E-state index is 0.0339. The standard InChI is InChI=1S/C19H18ClN5O2/c20-16-12-15(25(26)27)9-10-17(16)21-14-7-5-13(6-8-14)19-23-22-18-4-2-1-3-11-24(18)19/h5-10,12,21H,1-4,11H2. The zero-order chi connectivity index (χ0) is 18.8. The fourth-order valence-corrected chi connectivity index (χ4v) is 3.50. The average Bonchev–Trinajstić information content (AvgIpc) is 2.92. The van der Waals surface area contributed by atoms with E-state index in [1.807, 2.05) is 24.3 Å². The molecule has 0 fully saturated rings. The second-order valence-electron chi connectivity index (χ2n) is 6.53. The SMILES string of the molecule is O=[N+]([O-])c1ccc(Nc2ccc(-c3nnc4n3CCCCC4)cc2)c(Cl)c1. The molecule has 2 aromatic carbocycles. The zero-order valence-corrected chi connectivity index (χ0v) is 15.3. The minimum Gasteiger partial charge on any atom is -0.354 e. The summed E-state index contributed by atoms with van der Waals surface area (Å²) in [6.07, 6.45) is 4.51. The third-order valence-electron chi connectivity index (χ3n) is 4.70. The Balaban J connectivity index is 1.55. The molecule has 4 rings (SSSR count). The second-order valence-corrected chi connectivity index (χ2v) is 6.93. The van der Waals surface area contributed by atoms with Gasteiger partial charge in [0.15, 0.2) is 5.82 Å². The van der Waals surface area contributed by atoms with E-state index in [9.17, 15) is 10.1 Å². The minimum atomic E-state index is -0.466. The molecular formula is C19H18ClN5O2. The van der Waals surface area contributed by atoms with Crippen molar-refractivity contribution in [2.24, 2.45) is 0 Å². The number of benzene rings is 2. The second kappa shape index (κ2) is 7.36. The van der Waals surface area contributed by atoms with E-state index in [0.29, 0.717) is 10.7 Å². The highest BCUT2D eigenvalue weighted by Crippen LogP contribution is 2.30. The summed E-state index contributed by atoms with van der Waals surface area (Å²) in [5.41, 5.74) is 2.43. The maximum Gasteiger partial charge on any atom is 0.271 e. The van der Waals surface area contributed by atoms with Crippen molar-refractivity contribution in [3.05, 3.63) is 63.4 Å². The van der Waals surface area contributed by atoms with Crippen LogP contribution < -0.4 is 5.32 Å². The van der Waals surface area contributed by atoms with Crippen molar-refractivity contribution in [2.75, 3.05) is 5.32 Å². The van der Waals surface area contributed by atoms with Crippen molar-refractivity contribution in [3.8, 4) is 11.4 Å². The Morgan fingerprint density at radius 1 is 1.07 bits per heavy atom. The molecule has 1 aliphatic heterocycles. The average molecular weight is 384 g/mol. The van der Waals surface area contributed by atoms with E-state index in [1.165, 1.54) is 18.6 Å². The molecule has 8 heteroatoms. The number of anilines is 2. The number of nitro groups is 1. The van der Waals surface area contributed by atoms with E-state index < -0.39 is 4.92 Å². The number of nitrogens with zero attached hydrogens (tertiary/aromatic N) is 4. The summed E-state index contributed by atoms with van der Waals surface area (Å²) < 4.78 is 2.21. The lowest BCUT2D eigenvalue weighted by molar-refractivity contribution is -0.384. The lowest BCUT2D eigenvalue weighted by Gasteiger charge is -2.10. The van der Waals surface area contributed by atoms with Crippen LogP contribution in [0.1, 0.15) is 25.1 Å². The van der Waals surface area contributed by atoms with E-state index in [4.69, 9.17) is 11.6 Å². The van der Waals surface area contributed by atoms with Crippen LogP contribution in [0.15, 0.2) is 42.5 Å². The van der Waals surface area contributed by atoms with Crippen molar-refractivity contribution < 1.29 is 4.92 Å². The number of aryl methyl sites for hydroxylation is 1. The van der Waals surface area contributed by atoms with Crippen LogP contribution in [-0.4, -0.2) is 19.7 Å². The number of nitro benzene ring substituents is 1. The van der Waals surface area contributed by atoms with Crippen molar-refractivity contribution in [1.82, 2.24) is 14.8 Å².